The normalized spacial score (nSPS) is 21.5. The molecule has 162 valence electrons. The van der Waals surface area contributed by atoms with Crippen molar-refractivity contribution < 1.29 is 14.6 Å². The number of likely N-dealkylation sites (tertiary alicyclic amines) is 1. The van der Waals surface area contributed by atoms with Crippen molar-refractivity contribution in [2.75, 3.05) is 20.2 Å². The molecule has 7 heteroatoms. The summed E-state index contributed by atoms with van der Waals surface area (Å²) < 4.78 is 5.19. The van der Waals surface area contributed by atoms with Crippen LogP contribution in [0.1, 0.15) is 22.4 Å². The van der Waals surface area contributed by atoms with E-state index in [4.69, 9.17) is 4.74 Å². The molecule has 0 saturated carbocycles. The molecule has 0 unspecified atom stereocenters. The highest BCUT2D eigenvalue weighted by Gasteiger charge is 2.44. The van der Waals surface area contributed by atoms with E-state index in [1.54, 1.807) is 18.4 Å². The molecule has 2 heterocycles. The first-order valence-electron chi connectivity index (χ1n) is 10.4. The minimum atomic E-state index is -0.811. The monoisotopic (exact) mass is 437 g/mol. The molecule has 0 radical (unpaired) electrons. The second kappa shape index (κ2) is 9.60. The quantitative estimate of drug-likeness (QED) is 0.595. The number of β-amino-alcohol motifs (C(OH)–C–C–N with tert-alkyl or cyclic N) is 1. The van der Waals surface area contributed by atoms with E-state index in [9.17, 15) is 9.90 Å². The minimum absolute atomic E-state index is 0.107. The number of thiazole rings is 1. The van der Waals surface area contributed by atoms with Crippen LogP contribution in [-0.4, -0.2) is 47.2 Å². The molecule has 1 amide bonds. The summed E-state index contributed by atoms with van der Waals surface area (Å²) in [5.74, 6) is 0.651. The van der Waals surface area contributed by atoms with Crippen LogP contribution < -0.4 is 10.1 Å². The topological polar surface area (TPSA) is 74.7 Å². The van der Waals surface area contributed by atoms with Crippen molar-refractivity contribution in [3.05, 3.63) is 82.3 Å². The van der Waals surface area contributed by atoms with E-state index in [0.717, 1.165) is 30.0 Å². The molecule has 2 aromatic carbocycles. The molecule has 1 fully saturated rings. The highest BCUT2D eigenvalue weighted by atomic mass is 32.1. The first kappa shape index (κ1) is 21.5. The van der Waals surface area contributed by atoms with Crippen molar-refractivity contribution in [2.24, 2.45) is 0 Å². The van der Waals surface area contributed by atoms with Crippen LogP contribution in [0, 0.1) is 0 Å². The van der Waals surface area contributed by atoms with Gasteiger partial charge in [-0.25, -0.2) is 0 Å². The fraction of sp³-hybridized carbons (Fsp3) is 0.333. The maximum atomic E-state index is 13.0. The number of amides is 1. The number of nitrogens with zero attached hydrogens (tertiary/aromatic N) is 2. The molecule has 1 saturated heterocycles. The number of methoxy groups -OCH3 is 1. The molecule has 0 spiro atoms. The Kier molecular flexibility index (Phi) is 6.65. The van der Waals surface area contributed by atoms with Gasteiger partial charge in [0.05, 0.1) is 30.7 Å². The van der Waals surface area contributed by atoms with Crippen molar-refractivity contribution in [1.29, 1.82) is 0 Å². The Hall–Kier alpha value is -2.74. The number of carbonyl (C=O) groups is 1. The Balaban J connectivity index is 1.51. The lowest BCUT2D eigenvalue weighted by atomic mass is 9.78. The summed E-state index contributed by atoms with van der Waals surface area (Å²) in [6, 6.07) is 17.3. The summed E-state index contributed by atoms with van der Waals surface area (Å²) in [4.78, 5) is 20.5. The molecule has 1 aliphatic rings. The van der Waals surface area contributed by atoms with Crippen molar-refractivity contribution in [3.63, 3.8) is 0 Å². The van der Waals surface area contributed by atoms with Crippen molar-refractivity contribution in [2.45, 2.75) is 31.0 Å². The molecule has 3 aromatic rings. The predicted octanol–water partition coefficient (Wildman–Crippen LogP) is 2.97. The molecule has 0 bridgehead atoms. The van der Waals surface area contributed by atoms with E-state index in [1.807, 2.05) is 66.3 Å². The molecule has 6 nitrogen and oxygen atoms in total. The third kappa shape index (κ3) is 4.95. The molecular formula is C24H27N3O3S. The van der Waals surface area contributed by atoms with Gasteiger partial charge in [-0.3, -0.25) is 14.7 Å². The lowest BCUT2D eigenvalue weighted by molar-refractivity contribution is -0.126. The van der Waals surface area contributed by atoms with E-state index in [0.29, 0.717) is 13.0 Å². The predicted molar refractivity (Wildman–Crippen MR) is 121 cm³/mol. The van der Waals surface area contributed by atoms with E-state index in [2.05, 4.69) is 15.2 Å². The Labute approximate surface area is 186 Å². The van der Waals surface area contributed by atoms with Gasteiger partial charge in [0.2, 0.25) is 5.91 Å². The summed E-state index contributed by atoms with van der Waals surface area (Å²) in [7, 11) is 1.62. The maximum Gasteiger partial charge on any atom is 0.225 e. The number of ether oxygens (including phenoxy) is 1. The molecular weight excluding hydrogens is 410 g/mol. The molecule has 2 atom stereocenters. The van der Waals surface area contributed by atoms with Crippen molar-refractivity contribution in [3.8, 4) is 5.75 Å². The van der Waals surface area contributed by atoms with Gasteiger partial charge in [0.1, 0.15) is 5.75 Å². The van der Waals surface area contributed by atoms with Gasteiger partial charge in [0.25, 0.3) is 0 Å². The minimum Gasteiger partial charge on any atom is -0.497 e. The number of nitrogens with one attached hydrogen (secondary N) is 1. The van der Waals surface area contributed by atoms with Crippen LogP contribution in [0.25, 0.3) is 0 Å². The summed E-state index contributed by atoms with van der Waals surface area (Å²) in [6.07, 6.45) is 2.02. The van der Waals surface area contributed by atoms with E-state index < -0.39 is 11.6 Å². The Morgan fingerprint density at radius 3 is 2.68 bits per heavy atom. The van der Waals surface area contributed by atoms with Crippen LogP contribution >= 0.6 is 11.3 Å². The van der Waals surface area contributed by atoms with Gasteiger partial charge in [-0.15, -0.1) is 11.3 Å². The first-order chi connectivity index (χ1) is 15.1. The number of hydrogen-bond acceptors (Lipinski definition) is 6. The summed E-state index contributed by atoms with van der Waals surface area (Å²) in [5, 5.41) is 14.5. The van der Waals surface area contributed by atoms with Gasteiger partial charge >= 0.3 is 0 Å². The number of aliphatic hydroxyl groups excluding tert-OH is 1. The van der Waals surface area contributed by atoms with Crippen LogP contribution in [-0.2, 0) is 23.3 Å². The molecule has 1 aliphatic heterocycles. The third-order valence-electron chi connectivity index (χ3n) is 5.86. The van der Waals surface area contributed by atoms with E-state index >= 15 is 0 Å². The van der Waals surface area contributed by atoms with Gasteiger partial charge in [0.15, 0.2) is 0 Å². The van der Waals surface area contributed by atoms with Gasteiger partial charge in [-0.1, -0.05) is 42.5 Å². The van der Waals surface area contributed by atoms with Gasteiger partial charge in [0, 0.05) is 30.7 Å². The van der Waals surface area contributed by atoms with Crippen LogP contribution in [0.4, 0.5) is 0 Å². The number of aliphatic hydroxyl groups is 1. The summed E-state index contributed by atoms with van der Waals surface area (Å²) in [6.45, 7) is 2.01. The van der Waals surface area contributed by atoms with E-state index in [-0.39, 0.29) is 12.3 Å². The molecule has 2 N–H and O–H groups in total. The van der Waals surface area contributed by atoms with Gasteiger partial charge in [-0.2, -0.15) is 0 Å². The van der Waals surface area contributed by atoms with Gasteiger partial charge < -0.3 is 15.2 Å². The number of rotatable bonds is 7. The van der Waals surface area contributed by atoms with E-state index in [1.165, 1.54) is 4.88 Å². The number of aromatic nitrogens is 1. The standard InChI is InChI=1S/C24H27N3O3S/c1-30-20-9-7-18(8-10-20)13-23(29)26-24(19-5-3-2-4-6-19)11-12-27(16-22(24)28)15-21-14-25-17-31-21/h2-10,14,17,22,28H,11-13,15-16H2,1H3,(H,26,29)/t22-,24+/m1/s1. The smallest absolute Gasteiger partial charge is 0.225 e. The highest BCUT2D eigenvalue weighted by Crippen LogP contribution is 2.34. The van der Waals surface area contributed by atoms with Crippen molar-refractivity contribution >= 4 is 17.2 Å². The number of piperidine rings is 1. The number of carbonyl (C=O) groups excluding carboxylic acids is 1. The first-order valence-corrected chi connectivity index (χ1v) is 11.2. The fourth-order valence-electron chi connectivity index (χ4n) is 4.19. The second-order valence-electron chi connectivity index (χ2n) is 7.88. The SMILES string of the molecule is COc1ccc(CC(=O)N[C@]2(c3ccccc3)CCN(Cc3cncs3)C[C@H]2O)cc1. The zero-order chi connectivity index (χ0) is 21.7. The average molecular weight is 438 g/mol. The largest absolute Gasteiger partial charge is 0.497 e. The Morgan fingerprint density at radius 1 is 1.26 bits per heavy atom. The highest BCUT2D eigenvalue weighted by molar-refractivity contribution is 7.09. The Bertz CT molecular complexity index is 979. The zero-order valence-electron chi connectivity index (χ0n) is 17.5. The van der Waals surface area contributed by atoms with Gasteiger partial charge in [-0.05, 0) is 29.7 Å². The van der Waals surface area contributed by atoms with Crippen LogP contribution in [0.5, 0.6) is 5.75 Å². The molecule has 4 rings (SSSR count). The second-order valence-corrected chi connectivity index (χ2v) is 8.85. The zero-order valence-corrected chi connectivity index (χ0v) is 18.3. The summed E-state index contributed by atoms with van der Waals surface area (Å²) in [5.41, 5.74) is 2.85. The fourth-order valence-corrected chi connectivity index (χ4v) is 4.82. The lowest BCUT2D eigenvalue weighted by Gasteiger charge is -2.46. The maximum absolute atomic E-state index is 13.0. The van der Waals surface area contributed by atoms with Crippen LogP contribution in [0.2, 0.25) is 0 Å². The molecule has 0 aliphatic carbocycles. The third-order valence-corrected chi connectivity index (χ3v) is 6.62. The summed E-state index contributed by atoms with van der Waals surface area (Å²) >= 11 is 1.62. The molecule has 1 aromatic heterocycles. The van der Waals surface area contributed by atoms with Crippen molar-refractivity contribution in [1.82, 2.24) is 15.2 Å². The number of benzene rings is 2. The molecule has 31 heavy (non-hydrogen) atoms. The average Bonchev–Trinajstić information content (AvgIpc) is 3.30. The lowest BCUT2D eigenvalue weighted by Crippen LogP contribution is -2.62. The van der Waals surface area contributed by atoms with Crippen LogP contribution in [0.15, 0.2) is 66.3 Å². The Morgan fingerprint density at radius 2 is 2.03 bits per heavy atom. The van der Waals surface area contributed by atoms with Crippen LogP contribution in [0.3, 0.4) is 0 Å². The number of hydrogen-bond donors (Lipinski definition) is 2.